The van der Waals surface area contributed by atoms with Crippen LogP contribution in [0.4, 0.5) is 0 Å². The number of aromatic nitrogens is 1. The summed E-state index contributed by atoms with van der Waals surface area (Å²) in [5, 5.41) is 11.9. The summed E-state index contributed by atoms with van der Waals surface area (Å²) in [6, 6.07) is 8.17. The molecule has 1 heterocycles. The molecule has 1 N–H and O–H groups in total. The second-order valence-electron chi connectivity index (χ2n) is 5.05. The summed E-state index contributed by atoms with van der Waals surface area (Å²) in [6.07, 6.45) is 0. The highest BCUT2D eigenvalue weighted by Crippen LogP contribution is 2.26. The Labute approximate surface area is 136 Å². The van der Waals surface area contributed by atoms with Crippen molar-refractivity contribution in [1.82, 2.24) is 9.88 Å². The lowest BCUT2D eigenvalue weighted by Gasteiger charge is -2.23. The molecule has 0 aliphatic heterocycles. The fourth-order valence-electron chi connectivity index (χ4n) is 1.94. The molecule has 0 unspecified atom stereocenters. The summed E-state index contributed by atoms with van der Waals surface area (Å²) >= 11 is 5.03. The van der Waals surface area contributed by atoms with E-state index in [9.17, 15) is 4.79 Å². The minimum Gasteiger partial charge on any atom is -0.480 e. The van der Waals surface area contributed by atoms with E-state index in [1.807, 2.05) is 48.4 Å². The van der Waals surface area contributed by atoms with Crippen molar-refractivity contribution in [3.05, 3.63) is 39.8 Å². The van der Waals surface area contributed by atoms with Crippen LogP contribution in [0.15, 0.2) is 34.1 Å². The number of carbonyl (C=O) groups is 1. The number of hydrogen-bond acceptors (Lipinski definition) is 4. The van der Waals surface area contributed by atoms with Gasteiger partial charge in [0.15, 0.2) is 0 Å². The molecule has 0 aliphatic carbocycles. The number of hydrogen-bond donors (Lipinski definition) is 1. The number of halogens is 1. The smallest absolute Gasteiger partial charge is 0.317 e. The zero-order valence-corrected chi connectivity index (χ0v) is 14.3. The van der Waals surface area contributed by atoms with Crippen molar-refractivity contribution >= 4 is 33.2 Å². The molecule has 4 nitrogen and oxygen atoms in total. The Hall–Kier alpha value is -1.24. The van der Waals surface area contributed by atoms with Crippen LogP contribution in [-0.2, 0) is 11.3 Å². The summed E-state index contributed by atoms with van der Waals surface area (Å²) in [5.41, 5.74) is 1.97. The van der Waals surface area contributed by atoms with Gasteiger partial charge in [-0.05, 0) is 26.0 Å². The Kier molecular flexibility index (Phi) is 5.50. The molecular weight excluding hydrogens is 352 g/mol. The van der Waals surface area contributed by atoms with Crippen LogP contribution in [0.5, 0.6) is 0 Å². The van der Waals surface area contributed by atoms with Gasteiger partial charge in [-0.25, -0.2) is 4.98 Å². The average Bonchev–Trinajstić information content (AvgIpc) is 2.86. The Bertz CT molecular complexity index is 628. The summed E-state index contributed by atoms with van der Waals surface area (Å²) < 4.78 is 1.02. The fourth-order valence-corrected chi connectivity index (χ4v) is 3.14. The molecule has 21 heavy (non-hydrogen) atoms. The van der Waals surface area contributed by atoms with E-state index < -0.39 is 5.97 Å². The molecule has 0 saturated carbocycles. The highest BCUT2D eigenvalue weighted by molar-refractivity contribution is 9.10. The summed E-state index contributed by atoms with van der Waals surface area (Å²) in [5.74, 6) is -0.814. The van der Waals surface area contributed by atoms with E-state index in [0.717, 1.165) is 20.7 Å². The van der Waals surface area contributed by atoms with Crippen molar-refractivity contribution in [2.45, 2.75) is 26.4 Å². The Balaban J connectivity index is 2.14. The van der Waals surface area contributed by atoms with Gasteiger partial charge in [-0.15, -0.1) is 11.3 Å². The number of rotatable bonds is 6. The fraction of sp³-hybridized carbons (Fsp3) is 0.333. The molecule has 0 saturated heterocycles. The normalized spacial score (nSPS) is 11.3. The van der Waals surface area contributed by atoms with E-state index in [0.29, 0.717) is 6.54 Å². The van der Waals surface area contributed by atoms with Crippen LogP contribution in [0.2, 0.25) is 0 Å². The Morgan fingerprint density at radius 3 is 2.86 bits per heavy atom. The maximum absolute atomic E-state index is 10.9. The molecule has 0 amide bonds. The Morgan fingerprint density at radius 1 is 1.48 bits per heavy atom. The van der Waals surface area contributed by atoms with Crippen molar-refractivity contribution in [3.8, 4) is 10.6 Å². The molecule has 6 heteroatoms. The van der Waals surface area contributed by atoms with Gasteiger partial charge >= 0.3 is 5.97 Å². The van der Waals surface area contributed by atoms with Gasteiger partial charge in [0.1, 0.15) is 5.01 Å². The number of aliphatic carboxylic acids is 1. The molecule has 112 valence electrons. The lowest BCUT2D eigenvalue weighted by Crippen LogP contribution is -2.35. The van der Waals surface area contributed by atoms with Gasteiger partial charge in [-0.2, -0.15) is 0 Å². The van der Waals surface area contributed by atoms with Crippen molar-refractivity contribution in [2.24, 2.45) is 0 Å². The molecule has 2 rings (SSSR count). The third-order valence-electron chi connectivity index (χ3n) is 3.06. The van der Waals surface area contributed by atoms with Crippen molar-refractivity contribution in [1.29, 1.82) is 0 Å². The van der Waals surface area contributed by atoms with Gasteiger partial charge in [-0.1, -0.05) is 28.1 Å². The van der Waals surface area contributed by atoms with E-state index in [-0.39, 0.29) is 12.6 Å². The predicted octanol–water partition coefficient (Wildman–Crippen LogP) is 3.87. The quantitative estimate of drug-likeness (QED) is 0.840. The van der Waals surface area contributed by atoms with Crippen LogP contribution in [0, 0.1) is 0 Å². The van der Waals surface area contributed by atoms with E-state index in [1.165, 1.54) is 0 Å². The maximum atomic E-state index is 10.9. The minimum atomic E-state index is -0.814. The van der Waals surface area contributed by atoms with Crippen LogP contribution >= 0.6 is 27.3 Å². The molecule has 0 aliphatic rings. The summed E-state index contributed by atoms with van der Waals surface area (Å²) in [7, 11) is 0. The molecule has 0 radical (unpaired) electrons. The van der Waals surface area contributed by atoms with Crippen LogP contribution in [0.3, 0.4) is 0 Å². The van der Waals surface area contributed by atoms with Gasteiger partial charge < -0.3 is 5.11 Å². The number of thiazole rings is 1. The average molecular weight is 369 g/mol. The van der Waals surface area contributed by atoms with Crippen molar-refractivity contribution < 1.29 is 9.90 Å². The summed E-state index contributed by atoms with van der Waals surface area (Å²) in [4.78, 5) is 17.4. The van der Waals surface area contributed by atoms with Crippen molar-refractivity contribution in [3.63, 3.8) is 0 Å². The zero-order valence-electron chi connectivity index (χ0n) is 11.9. The van der Waals surface area contributed by atoms with Gasteiger partial charge in [0, 0.05) is 28.0 Å². The van der Waals surface area contributed by atoms with Crippen LogP contribution in [0.1, 0.15) is 19.5 Å². The van der Waals surface area contributed by atoms with E-state index >= 15 is 0 Å². The molecule has 0 spiro atoms. The third kappa shape index (κ3) is 4.62. The van der Waals surface area contributed by atoms with Gasteiger partial charge in [-0.3, -0.25) is 9.69 Å². The number of benzene rings is 1. The maximum Gasteiger partial charge on any atom is 0.317 e. The molecular formula is C15H17BrN2O2S. The summed E-state index contributed by atoms with van der Waals surface area (Å²) in [6.45, 7) is 4.56. The first-order valence-electron chi connectivity index (χ1n) is 6.62. The molecule has 0 fully saturated rings. The van der Waals surface area contributed by atoms with Crippen LogP contribution < -0.4 is 0 Å². The third-order valence-corrected chi connectivity index (χ3v) is 4.49. The standard InChI is InChI=1S/C15H17BrN2O2S/c1-10(2)18(8-14(19)20)7-13-9-21-15(17-13)11-4-3-5-12(16)6-11/h3-6,9-10H,7-8H2,1-2H3,(H,19,20). The van der Waals surface area contributed by atoms with Gasteiger partial charge in [0.05, 0.1) is 12.2 Å². The predicted molar refractivity (Wildman–Crippen MR) is 88.4 cm³/mol. The SMILES string of the molecule is CC(C)N(CC(=O)O)Cc1csc(-c2cccc(Br)c2)n1. The molecule has 1 aromatic heterocycles. The number of carboxylic acid groups (broad SMARTS) is 1. The molecule has 0 bridgehead atoms. The van der Waals surface area contributed by atoms with Crippen molar-refractivity contribution in [2.75, 3.05) is 6.54 Å². The van der Waals surface area contributed by atoms with E-state index in [2.05, 4.69) is 20.9 Å². The lowest BCUT2D eigenvalue weighted by atomic mass is 10.2. The number of nitrogens with zero attached hydrogens (tertiary/aromatic N) is 2. The lowest BCUT2D eigenvalue weighted by molar-refractivity contribution is -0.138. The monoisotopic (exact) mass is 368 g/mol. The molecule has 1 aromatic carbocycles. The first kappa shape index (κ1) is 16.1. The highest BCUT2D eigenvalue weighted by Gasteiger charge is 2.15. The van der Waals surface area contributed by atoms with Gasteiger partial charge in [0.25, 0.3) is 0 Å². The van der Waals surface area contributed by atoms with Crippen LogP contribution in [-0.4, -0.2) is 33.5 Å². The highest BCUT2D eigenvalue weighted by atomic mass is 79.9. The van der Waals surface area contributed by atoms with E-state index in [4.69, 9.17) is 5.11 Å². The molecule has 0 atom stereocenters. The Morgan fingerprint density at radius 2 is 2.24 bits per heavy atom. The minimum absolute atomic E-state index is 0.0292. The molecule has 2 aromatic rings. The first-order valence-corrected chi connectivity index (χ1v) is 8.29. The number of carboxylic acids is 1. The topological polar surface area (TPSA) is 53.4 Å². The van der Waals surface area contributed by atoms with E-state index in [1.54, 1.807) is 11.3 Å². The second kappa shape index (κ2) is 7.15. The first-order chi connectivity index (χ1) is 9.95. The zero-order chi connectivity index (χ0) is 15.4. The van der Waals surface area contributed by atoms with Gasteiger partial charge in [0.2, 0.25) is 0 Å². The largest absolute Gasteiger partial charge is 0.480 e. The van der Waals surface area contributed by atoms with Crippen LogP contribution in [0.25, 0.3) is 10.6 Å². The second-order valence-corrected chi connectivity index (χ2v) is 6.82.